The number of rotatable bonds is 7. The van der Waals surface area contributed by atoms with Crippen molar-refractivity contribution in [2.45, 2.75) is 32.6 Å². The Morgan fingerprint density at radius 3 is 1.82 bits per heavy atom. The number of aryl methyl sites for hydroxylation is 1. The van der Waals surface area contributed by atoms with E-state index in [0.717, 1.165) is 28.7 Å². The average Bonchev–Trinajstić information content (AvgIpc) is 2.89. The number of unbranched alkanes of at least 4 members (excludes halogenated alkanes) is 2. The van der Waals surface area contributed by atoms with Crippen LogP contribution in [-0.2, 0) is 6.42 Å². The highest BCUT2D eigenvalue weighted by Gasteiger charge is 2.09. The summed E-state index contributed by atoms with van der Waals surface area (Å²) in [6.07, 6.45) is 4.82. The van der Waals surface area contributed by atoms with Crippen molar-refractivity contribution in [2.24, 2.45) is 0 Å². The minimum atomic E-state index is -0.192. The number of hydrogen-bond acceptors (Lipinski definition) is 0. The molecule has 0 fully saturated rings. The van der Waals surface area contributed by atoms with Crippen molar-refractivity contribution in [1.82, 2.24) is 0 Å². The molecule has 0 aliphatic heterocycles. The number of benzene rings is 5. The molecule has 0 amide bonds. The van der Waals surface area contributed by atoms with Gasteiger partial charge in [0.15, 0.2) is 0 Å². The van der Waals surface area contributed by atoms with Crippen LogP contribution in [0.15, 0.2) is 109 Å². The lowest BCUT2D eigenvalue weighted by Gasteiger charge is -2.09. The van der Waals surface area contributed by atoms with Crippen molar-refractivity contribution < 1.29 is 4.39 Å². The second kappa shape index (κ2) is 10.1. The highest BCUT2D eigenvalue weighted by Crippen LogP contribution is 2.31. The van der Waals surface area contributed by atoms with Crippen LogP contribution in [0.3, 0.4) is 0 Å². The van der Waals surface area contributed by atoms with E-state index in [-0.39, 0.29) is 5.82 Å². The van der Waals surface area contributed by atoms with Gasteiger partial charge in [-0.05, 0) is 69.1 Å². The Labute approximate surface area is 201 Å². The first kappa shape index (κ1) is 22.1. The molecular weight excluding hydrogens is 415 g/mol. The topological polar surface area (TPSA) is 0 Å². The Bertz CT molecular complexity index is 1400. The Hall–Kier alpha value is -3.71. The SMILES string of the molecule is CCCCCc1ccc(-c2ccc(-c3ccc(-c4ccc5ccccc5c4)cc3)c(F)c2)cc1. The van der Waals surface area contributed by atoms with E-state index in [4.69, 9.17) is 0 Å². The van der Waals surface area contributed by atoms with Gasteiger partial charge in [0, 0.05) is 5.56 Å². The summed E-state index contributed by atoms with van der Waals surface area (Å²) in [5.41, 5.74) is 7.13. The van der Waals surface area contributed by atoms with Crippen molar-refractivity contribution in [3.05, 3.63) is 121 Å². The molecule has 168 valence electrons. The highest BCUT2D eigenvalue weighted by molar-refractivity contribution is 5.87. The molecule has 0 aliphatic carbocycles. The lowest BCUT2D eigenvalue weighted by Crippen LogP contribution is -1.89. The summed E-state index contributed by atoms with van der Waals surface area (Å²) < 4.78 is 15.1. The number of hydrogen-bond donors (Lipinski definition) is 0. The summed E-state index contributed by atoms with van der Waals surface area (Å²) in [6, 6.07) is 37.1. The van der Waals surface area contributed by atoms with Crippen LogP contribution in [0.25, 0.3) is 44.2 Å². The molecule has 0 nitrogen and oxygen atoms in total. The molecule has 5 rings (SSSR count). The van der Waals surface area contributed by atoms with Gasteiger partial charge in [0.1, 0.15) is 5.82 Å². The van der Waals surface area contributed by atoms with Crippen molar-refractivity contribution in [2.75, 3.05) is 0 Å². The zero-order chi connectivity index (χ0) is 23.3. The minimum absolute atomic E-state index is 0.192. The maximum atomic E-state index is 15.1. The molecule has 0 bridgehead atoms. The summed E-state index contributed by atoms with van der Waals surface area (Å²) in [5, 5.41) is 2.45. The van der Waals surface area contributed by atoms with Crippen LogP contribution in [0.2, 0.25) is 0 Å². The van der Waals surface area contributed by atoms with Crippen LogP contribution < -0.4 is 0 Å². The molecule has 0 aliphatic rings. The van der Waals surface area contributed by atoms with Crippen LogP contribution in [0, 0.1) is 5.82 Å². The summed E-state index contributed by atoms with van der Waals surface area (Å²) in [4.78, 5) is 0. The summed E-state index contributed by atoms with van der Waals surface area (Å²) in [6.45, 7) is 2.22. The maximum Gasteiger partial charge on any atom is 0.131 e. The first-order valence-corrected chi connectivity index (χ1v) is 12.2. The molecule has 0 atom stereocenters. The molecular formula is C33H29F. The van der Waals surface area contributed by atoms with Gasteiger partial charge < -0.3 is 0 Å². The maximum absolute atomic E-state index is 15.1. The average molecular weight is 445 g/mol. The van der Waals surface area contributed by atoms with Crippen LogP contribution in [0.4, 0.5) is 4.39 Å². The third-order valence-electron chi connectivity index (χ3n) is 6.60. The Balaban J connectivity index is 1.35. The van der Waals surface area contributed by atoms with Crippen molar-refractivity contribution >= 4 is 10.8 Å². The highest BCUT2D eigenvalue weighted by atomic mass is 19.1. The minimum Gasteiger partial charge on any atom is -0.206 e. The van der Waals surface area contributed by atoms with E-state index in [9.17, 15) is 0 Å². The molecule has 0 saturated heterocycles. The second-order valence-electron chi connectivity index (χ2n) is 8.99. The van der Waals surface area contributed by atoms with E-state index in [1.807, 2.05) is 24.3 Å². The summed E-state index contributed by atoms with van der Waals surface area (Å²) in [5.74, 6) is -0.192. The number of fused-ring (bicyclic) bond motifs is 1. The fraction of sp³-hybridized carbons (Fsp3) is 0.152. The standard InChI is InChI=1S/C33H29F/c1-2-3-4-7-24-10-12-26(13-11-24)31-20-21-32(33(34)23-31)28-17-14-27(15-18-28)30-19-16-25-8-5-6-9-29(25)22-30/h5-6,8-23H,2-4,7H2,1H3. The van der Waals surface area contributed by atoms with Crippen LogP contribution in [0.1, 0.15) is 31.7 Å². The van der Waals surface area contributed by atoms with E-state index in [1.165, 1.54) is 41.2 Å². The molecule has 0 heterocycles. The molecule has 1 heteroatoms. The smallest absolute Gasteiger partial charge is 0.131 e. The first-order chi connectivity index (χ1) is 16.7. The van der Waals surface area contributed by atoms with E-state index < -0.39 is 0 Å². The molecule has 0 unspecified atom stereocenters. The molecule has 5 aromatic rings. The molecule has 0 N–H and O–H groups in total. The van der Waals surface area contributed by atoms with Crippen molar-refractivity contribution in [3.8, 4) is 33.4 Å². The van der Waals surface area contributed by atoms with E-state index in [1.54, 1.807) is 6.07 Å². The molecule has 0 spiro atoms. The van der Waals surface area contributed by atoms with E-state index in [0.29, 0.717) is 5.56 Å². The quantitative estimate of drug-likeness (QED) is 0.219. The van der Waals surface area contributed by atoms with Crippen molar-refractivity contribution in [1.29, 1.82) is 0 Å². The van der Waals surface area contributed by atoms with Gasteiger partial charge in [-0.3, -0.25) is 0 Å². The fourth-order valence-corrected chi connectivity index (χ4v) is 4.58. The predicted octanol–water partition coefficient (Wildman–Crippen LogP) is 9.71. The van der Waals surface area contributed by atoms with Crippen LogP contribution >= 0.6 is 0 Å². The lowest BCUT2D eigenvalue weighted by atomic mass is 9.96. The lowest BCUT2D eigenvalue weighted by molar-refractivity contribution is 0.632. The van der Waals surface area contributed by atoms with Gasteiger partial charge in [-0.2, -0.15) is 0 Å². The largest absolute Gasteiger partial charge is 0.206 e. The summed E-state index contributed by atoms with van der Waals surface area (Å²) in [7, 11) is 0. The molecule has 0 radical (unpaired) electrons. The molecule has 0 aromatic heterocycles. The third kappa shape index (κ3) is 4.79. The van der Waals surface area contributed by atoms with E-state index in [2.05, 4.69) is 85.8 Å². The Morgan fingerprint density at radius 1 is 0.529 bits per heavy atom. The van der Waals surface area contributed by atoms with Gasteiger partial charge in [-0.1, -0.05) is 117 Å². The van der Waals surface area contributed by atoms with Gasteiger partial charge in [0.2, 0.25) is 0 Å². The van der Waals surface area contributed by atoms with Gasteiger partial charge in [-0.15, -0.1) is 0 Å². The molecule has 0 saturated carbocycles. The van der Waals surface area contributed by atoms with Gasteiger partial charge in [-0.25, -0.2) is 4.39 Å². The van der Waals surface area contributed by atoms with Gasteiger partial charge in [0.25, 0.3) is 0 Å². The van der Waals surface area contributed by atoms with Crippen LogP contribution in [0.5, 0.6) is 0 Å². The summed E-state index contributed by atoms with van der Waals surface area (Å²) >= 11 is 0. The Kier molecular flexibility index (Phi) is 6.53. The van der Waals surface area contributed by atoms with Gasteiger partial charge in [0.05, 0.1) is 0 Å². The fourth-order valence-electron chi connectivity index (χ4n) is 4.58. The zero-order valence-corrected chi connectivity index (χ0v) is 19.6. The number of halogens is 1. The molecule has 5 aromatic carbocycles. The third-order valence-corrected chi connectivity index (χ3v) is 6.60. The van der Waals surface area contributed by atoms with Gasteiger partial charge >= 0.3 is 0 Å². The Morgan fingerprint density at radius 2 is 1.12 bits per heavy atom. The first-order valence-electron chi connectivity index (χ1n) is 12.2. The van der Waals surface area contributed by atoms with Crippen molar-refractivity contribution in [3.63, 3.8) is 0 Å². The van der Waals surface area contributed by atoms with E-state index >= 15 is 4.39 Å². The monoisotopic (exact) mass is 444 g/mol. The molecule has 34 heavy (non-hydrogen) atoms. The predicted molar refractivity (Wildman–Crippen MR) is 143 cm³/mol. The normalized spacial score (nSPS) is 11.1. The second-order valence-corrected chi connectivity index (χ2v) is 8.99. The zero-order valence-electron chi connectivity index (χ0n) is 19.6. The van der Waals surface area contributed by atoms with Crippen LogP contribution in [-0.4, -0.2) is 0 Å².